The van der Waals surface area contributed by atoms with Gasteiger partial charge in [0.1, 0.15) is 5.75 Å². The lowest BCUT2D eigenvalue weighted by atomic mass is 9.96. The Kier molecular flexibility index (Phi) is 7.91. The summed E-state index contributed by atoms with van der Waals surface area (Å²) in [6.45, 7) is 11.7. The first kappa shape index (κ1) is 24.2. The molecule has 2 aromatic rings. The van der Waals surface area contributed by atoms with E-state index in [4.69, 9.17) is 16.3 Å². The van der Waals surface area contributed by atoms with Gasteiger partial charge in [0.15, 0.2) is 0 Å². The van der Waals surface area contributed by atoms with Crippen LogP contribution < -0.4 is 14.8 Å². The molecule has 2 aromatic carbocycles. The number of halogens is 1. The van der Waals surface area contributed by atoms with Gasteiger partial charge in [0.2, 0.25) is 15.9 Å². The van der Waals surface area contributed by atoms with E-state index in [2.05, 4.69) is 16.1 Å². The molecule has 8 heteroatoms. The van der Waals surface area contributed by atoms with E-state index < -0.39 is 22.0 Å². The van der Waals surface area contributed by atoms with Crippen molar-refractivity contribution in [1.29, 1.82) is 0 Å². The first-order valence-electron chi connectivity index (χ1n) is 9.79. The Bertz CT molecular complexity index is 1040. The number of ether oxygens (including phenoxy) is 1. The Morgan fingerprint density at radius 2 is 1.70 bits per heavy atom. The van der Waals surface area contributed by atoms with E-state index in [0.29, 0.717) is 12.4 Å². The van der Waals surface area contributed by atoms with Gasteiger partial charge in [-0.05, 0) is 82.0 Å². The highest BCUT2D eigenvalue weighted by Crippen LogP contribution is 2.27. The van der Waals surface area contributed by atoms with Crippen LogP contribution in [-0.2, 0) is 14.8 Å². The number of benzene rings is 2. The molecule has 0 saturated heterocycles. The molecule has 164 valence electrons. The molecule has 0 aromatic heterocycles. The van der Waals surface area contributed by atoms with Crippen LogP contribution in [0.15, 0.2) is 35.2 Å². The summed E-state index contributed by atoms with van der Waals surface area (Å²) < 4.78 is 33.1. The predicted octanol–water partition coefficient (Wildman–Crippen LogP) is 4.21. The molecule has 0 aliphatic carbocycles. The number of hydrogen-bond acceptors (Lipinski definition) is 4. The number of carbonyl (C=O) groups excluding carboxylic acids is 1. The van der Waals surface area contributed by atoms with Crippen molar-refractivity contribution in [3.8, 4) is 5.75 Å². The highest BCUT2D eigenvalue weighted by atomic mass is 35.5. The van der Waals surface area contributed by atoms with Gasteiger partial charge in [0, 0.05) is 0 Å². The van der Waals surface area contributed by atoms with Crippen molar-refractivity contribution in [3.05, 3.63) is 57.6 Å². The molecule has 0 bridgehead atoms. The minimum atomic E-state index is -3.93. The van der Waals surface area contributed by atoms with Gasteiger partial charge in [-0.3, -0.25) is 4.79 Å². The van der Waals surface area contributed by atoms with Crippen molar-refractivity contribution in [2.24, 2.45) is 0 Å². The Hall–Kier alpha value is -2.09. The fourth-order valence-electron chi connectivity index (χ4n) is 3.14. The van der Waals surface area contributed by atoms with Crippen LogP contribution in [0.4, 0.5) is 0 Å². The van der Waals surface area contributed by atoms with Crippen molar-refractivity contribution in [2.75, 3.05) is 6.61 Å². The van der Waals surface area contributed by atoms with Crippen LogP contribution in [0.5, 0.6) is 5.75 Å². The number of sulfonamides is 1. The summed E-state index contributed by atoms with van der Waals surface area (Å²) in [6.07, 6.45) is 0. The van der Waals surface area contributed by atoms with E-state index in [1.807, 2.05) is 40.7 Å². The van der Waals surface area contributed by atoms with Crippen LogP contribution in [0.25, 0.3) is 0 Å². The third-order valence-electron chi connectivity index (χ3n) is 4.95. The first-order chi connectivity index (χ1) is 14.0. The molecule has 0 aliphatic heterocycles. The summed E-state index contributed by atoms with van der Waals surface area (Å²) >= 11 is 6.09. The second-order valence-corrected chi connectivity index (χ2v) is 9.51. The van der Waals surface area contributed by atoms with Gasteiger partial charge >= 0.3 is 0 Å². The van der Waals surface area contributed by atoms with Crippen molar-refractivity contribution < 1.29 is 17.9 Å². The topological polar surface area (TPSA) is 84.5 Å². The minimum Gasteiger partial charge on any atom is -0.492 e. The van der Waals surface area contributed by atoms with Crippen LogP contribution in [0, 0.1) is 20.8 Å². The summed E-state index contributed by atoms with van der Waals surface area (Å²) in [7, 11) is -3.93. The zero-order chi connectivity index (χ0) is 22.6. The Morgan fingerprint density at radius 3 is 2.30 bits per heavy atom. The molecule has 0 heterocycles. The van der Waals surface area contributed by atoms with E-state index in [0.717, 1.165) is 16.7 Å². The largest absolute Gasteiger partial charge is 0.492 e. The molecule has 2 N–H and O–H groups in total. The summed E-state index contributed by atoms with van der Waals surface area (Å²) in [5.41, 5.74) is 4.39. The SMILES string of the molecule is CCOc1ccc(S(=O)(=O)N[C@@H](C)C(=O)N[C@H](C)c2cc(C)c(C)cc2C)cc1Cl. The van der Waals surface area contributed by atoms with Gasteiger partial charge in [-0.2, -0.15) is 4.72 Å². The van der Waals surface area contributed by atoms with Gasteiger partial charge in [0.05, 0.1) is 28.6 Å². The van der Waals surface area contributed by atoms with Crippen LogP contribution in [-0.4, -0.2) is 27.0 Å². The number of aryl methyl sites for hydroxylation is 3. The lowest BCUT2D eigenvalue weighted by Gasteiger charge is -2.21. The van der Waals surface area contributed by atoms with E-state index in [-0.39, 0.29) is 16.0 Å². The Balaban J connectivity index is 2.11. The third-order valence-corrected chi connectivity index (χ3v) is 6.78. The van der Waals surface area contributed by atoms with Crippen molar-refractivity contribution in [2.45, 2.75) is 58.5 Å². The fourth-order valence-corrected chi connectivity index (χ4v) is 4.67. The molecule has 6 nitrogen and oxygen atoms in total. The maximum atomic E-state index is 12.7. The molecular formula is C22H29ClN2O4S. The molecule has 2 atom stereocenters. The van der Waals surface area contributed by atoms with Crippen molar-refractivity contribution in [3.63, 3.8) is 0 Å². The Morgan fingerprint density at radius 1 is 1.07 bits per heavy atom. The third kappa shape index (κ3) is 5.74. The highest BCUT2D eigenvalue weighted by molar-refractivity contribution is 7.89. The average Bonchev–Trinajstić information content (AvgIpc) is 2.65. The van der Waals surface area contributed by atoms with Crippen LogP contribution >= 0.6 is 11.6 Å². The van der Waals surface area contributed by atoms with Gasteiger partial charge < -0.3 is 10.1 Å². The minimum absolute atomic E-state index is 0.0337. The second kappa shape index (κ2) is 9.81. The monoisotopic (exact) mass is 452 g/mol. The van der Waals surface area contributed by atoms with Crippen LogP contribution in [0.3, 0.4) is 0 Å². The predicted molar refractivity (Wildman–Crippen MR) is 120 cm³/mol. The molecule has 1 amide bonds. The normalized spacial score (nSPS) is 13.6. The van der Waals surface area contributed by atoms with Gasteiger partial charge in [-0.25, -0.2) is 8.42 Å². The molecule has 2 rings (SSSR count). The van der Waals surface area contributed by atoms with Gasteiger partial charge in [-0.1, -0.05) is 23.7 Å². The number of nitrogens with one attached hydrogen (secondary N) is 2. The van der Waals surface area contributed by atoms with E-state index >= 15 is 0 Å². The fraction of sp³-hybridized carbons (Fsp3) is 0.409. The van der Waals surface area contributed by atoms with Gasteiger partial charge in [-0.15, -0.1) is 0 Å². The Labute approximate surface area is 184 Å². The standard InChI is InChI=1S/C22H29ClN2O4S/c1-7-29-21-9-8-18(12-20(21)23)30(27,28)25-17(6)22(26)24-16(5)19-11-14(3)13(2)10-15(19)4/h8-12,16-17,25H,7H2,1-6H3,(H,24,26)/t16-,17+/m1/s1. The molecule has 0 spiro atoms. The maximum absolute atomic E-state index is 12.7. The second-order valence-electron chi connectivity index (χ2n) is 7.39. The zero-order valence-electron chi connectivity index (χ0n) is 18.2. The number of carbonyl (C=O) groups is 1. The summed E-state index contributed by atoms with van der Waals surface area (Å²) in [5, 5.41) is 3.07. The lowest BCUT2D eigenvalue weighted by molar-refractivity contribution is -0.123. The number of amides is 1. The van der Waals surface area contributed by atoms with Crippen molar-refractivity contribution >= 4 is 27.5 Å². The van der Waals surface area contributed by atoms with Crippen molar-refractivity contribution in [1.82, 2.24) is 10.0 Å². The van der Waals surface area contributed by atoms with E-state index in [1.54, 1.807) is 0 Å². The highest BCUT2D eigenvalue weighted by Gasteiger charge is 2.24. The smallest absolute Gasteiger partial charge is 0.241 e. The lowest BCUT2D eigenvalue weighted by Crippen LogP contribution is -2.45. The van der Waals surface area contributed by atoms with E-state index in [9.17, 15) is 13.2 Å². The molecule has 0 radical (unpaired) electrons. The number of rotatable bonds is 8. The summed E-state index contributed by atoms with van der Waals surface area (Å²) in [4.78, 5) is 12.6. The van der Waals surface area contributed by atoms with Gasteiger partial charge in [0.25, 0.3) is 0 Å². The molecule has 0 saturated carbocycles. The average molecular weight is 453 g/mol. The summed E-state index contributed by atoms with van der Waals surface area (Å²) in [5.74, 6) is -0.0118. The van der Waals surface area contributed by atoms with E-state index in [1.165, 1.54) is 30.7 Å². The molecule has 0 unspecified atom stereocenters. The first-order valence-corrected chi connectivity index (χ1v) is 11.6. The zero-order valence-corrected chi connectivity index (χ0v) is 19.7. The van der Waals surface area contributed by atoms with Crippen LogP contribution in [0.1, 0.15) is 49.1 Å². The van der Waals surface area contributed by atoms with Crippen LogP contribution in [0.2, 0.25) is 5.02 Å². The molecular weight excluding hydrogens is 424 g/mol. The maximum Gasteiger partial charge on any atom is 0.241 e. The quantitative estimate of drug-likeness (QED) is 0.628. The molecule has 0 fully saturated rings. The molecule has 0 aliphatic rings. The number of hydrogen-bond donors (Lipinski definition) is 2. The summed E-state index contributed by atoms with van der Waals surface area (Å²) in [6, 6.07) is 7.10. The molecule has 30 heavy (non-hydrogen) atoms.